The maximum atomic E-state index is 5.64. The van der Waals surface area contributed by atoms with Gasteiger partial charge in [0, 0.05) is 23.3 Å². The van der Waals surface area contributed by atoms with Crippen molar-refractivity contribution in [2.75, 3.05) is 18.5 Å². The average molecular weight is 270 g/mol. The molecule has 0 fully saturated rings. The minimum atomic E-state index is 0.695. The van der Waals surface area contributed by atoms with Crippen LogP contribution < -0.4 is 10.1 Å². The molecule has 0 radical (unpaired) electrons. The molecule has 0 saturated carbocycles. The highest BCUT2D eigenvalue weighted by Gasteiger charge is 2.18. The summed E-state index contributed by atoms with van der Waals surface area (Å²) >= 11 is 0. The van der Waals surface area contributed by atoms with E-state index in [0.717, 1.165) is 30.7 Å². The highest BCUT2D eigenvalue weighted by atomic mass is 16.5. The largest absolute Gasteiger partial charge is 0.494 e. The van der Waals surface area contributed by atoms with Crippen molar-refractivity contribution in [3.63, 3.8) is 0 Å². The maximum Gasteiger partial charge on any atom is 0.120 e. The second kappa shape index (κ2) is 5.70. The SMILES string of the molecule is CCNc1c2c(nc3ccc(OCC)cc13)CCCC2. The average Bonchev–Trinajstić information content (AvgIpc) is 2.48. The van der Waals surface area contributed by atoms with E-state index in [1.165, 1.54) is 35.2 Å². The number of aryl methyl sites for hydroxylation is 1. The lowest BCUT2D eigenvalue weighted by Crippen LogP contribution is -2.11. The van der Waals surface area contributed by atoms with Gasteiger partial charge in [0.1, 0.15) is 5.75 Å². The van der Waals surface area contributed by atoms with E-state index in [1.54, 1.807) is 0 Å². The molecular weight excluding hydrogens is 248 g/mol. The third-order valence-electron chi connectivity index (χ3n) is 3.90. The van der Waals surface area contributed by atoms with E-state index in [1.807, 2.05) is 13.0 Å². The van der Waals surface area contributed by atoms with Crippen LogP contribution in [-0.2, 0) is 12.8 Å². The van der Waals surface area contributed by atoms with Gasteiger partial charge < -0.3 is 10.1 Å². The lowest BCUT2D eigenvalue weighted by molar-refractivity contribution is 0.340. The van der Waals surface area contributed by atoms with E-state index in [-0.39, 0.29) is 0 Å². The van der Waals surface area contributed by atoms with Crippen LogP contribution in [0, 0.1) is 0 Å². The van der Waals surface area contributed by atoms with Crippen molar-refractivity contribution in [3.8, 4) is 5.75 Å². The molecule has 3 nitrogen and oxygen atoms in total. The lowest BCUT2D eigenvalue weighted by atomic mass is 9.92. The molecule has 0 spiro atoms. The molecule has 3 heteroatoms. The number of pyridine rings is 1. The van der Waals surface area contributed by atoms with Gasteiger partial charge in [0.15, 0.2) is 0 Å². The van der Waals surface area contributed by atoms with Crippen LogP contribution in [-0.4, -0.2) is 18.1 Å². The van der Waals surface area contributed by atoms with Gasteiger partial charge in [0.25, 0.3) is 0 Å². The van der Waals surface area contributed by atoms with Gasteiger partial charge in [-0.2, -0.15) is 0 Å². The third-order valence-corrected chi connectivity index (χ3v) is 3.90. The van der Waals surface area contributed by atoms with Crippen LogP contribution in [0.4, 0.5) is 5.69 Å². The molecule has 1 aliphatic rings. The molecule has 3 rings (SSSR count). The monoisotopic (exact) mass is 270 g/mol. The Labute approximate surface area is 120 Å². The normalized spacial score (nSPS) is 14.1. The number of ether oxygens (including phenoxy) is 1. The number of hydrogen-bond donors (Lipinski definition) is 1. The van der Waals surface area contributed by atoms with Crippen LogP contribution in [0.1, 0.15) is 37.9 Å². The zero-order valence-corrected chi connectivity index (χ0v) is 12.3. The summed E-state index contributed by atoms with van der Waals surface area (Å²) in [4.78, 5) is 4.86. The first-order valence-corrected chi connectivity index (χ1v) is 7.65. The van der Waals surface area contributed by atoms with Crippen molar-refractivity contribution in [2.24, 2.45) is 0 Å². The number of anilines is 1. The Kier molecular flexibility index (Phi) is 3.77. The first kappa shape index (κ1) is 13.2. The molecular formula is C17H22N2O. The van der Waals surface area contributed by atoms with Crippen molar-refractivity contribution >= 4 is 16.6 Å². The minimum absolute atomic E-state index is 0.695. The van der Waals surface area contributed by atoms with Crippen LogP contribution in [0.5, 0.6) is 5.75 Å². The van der Waals surface area contributed by atoms with Crippen LogP contribution in [0.3, 0.4) is 0 Å². The molecule has 0 saturated heterocycles. The molecule has 0 atom stereocenters. The number of nitrogens with one attached hydrogen (secondary N) is 1. The van der Waals surface area contributed by atoms with Crippen LogP contribution in [0.15, 0.2) is 18.2 Å². The molecule has 106 valence electrons. The first-order valence-electron chi connectivity index (χ1n) is 7.65. The fourth-order valence-electron chi connectivity index (χ4n) is 3.04. The Balaban J connectivity index is 2.20. The van der Waals surface area contributed by atoms with E-state index in [9.17, 15) is 0 Å². The van der Waals surface area contributed by atoms with Crippen molar-refractivity contribution in [2.45, 2.75) is 39.5 Å². The van der Waals surface area contributed by atoms with Crippen molar-refractivity contribution < 1.29 is 4.74 Å². The zero-order chi connectivity index (χ0) is 13.9. The predicted octanol–water partition coefficient (Wildman–Crippen LogP) is 3.94. The van der Waals surface area contributed by atoms with E-state index < -0.39 is 0 Å². The van der Waals surface area contributed by atoms with Gasteiger partial charge in [0.2, 0.25) is 0 Å². The van der Waals surface area contributed by atoms with E-state index in [4.69, 9.17) is 9.72 Å². The summed E-state index contributed by atoms with van der Waals surface area (Å²) in [6.45, 7) is 5.79. The summed E-state index contributed by atoms with van der Waals surface area (Å²) in [5.74, 6) is 0.928. The molecule has 20 heavy (non-hydrogen) atoms. The molecule has 0 bridgehead atoms. The van der Waals surface area contributed by atoms with Crippen LogP contribution in [0.2, 0.25) is 0 Å². The molecule has 1 aliphatic carbocycles. The lowest BCUT2D eigenvalue weighted by Gasteiger charge is -2.21. The van der Waals surface area contributed by atoms with Crippen LogP contribution >= 0.6 is 0 Å². The standard InChI is InChI=1S/C17H22N2O/c1-3-18-17-13-7-5-6-8-15(13)19-16-10-9-12(20-4-2)11-14(16)17/h9-11H,3-8H2,1-2H3,(H,18,19). The predicted molar refractivity (Wildman–Crippen MR) is 83.7 cm³/mol. The van der Waals surface area contributed by atoms with Crippen molar-refractivity contribution in [3.05, 3.63) is 29.5 Å². The van der Waals surface area contributed by atoms with Gasteiger partial charge in [-0.05, 0) is 63.3 Å². The Hall–Kier alpha value is -1.77. The quantitative estimate of drug-likeness (QED) is 0.913. The molecule has 1 N–H and O–H groups in total. The number of nitrogens with zero attached hydrogens (tertiary/aromatic N) is 1. The summed E-state index contributed by atoms with van der Waals surface area (Å²) < 4.78 is 5.64. The summed E-state index contributed by atoms with van der Waals surface area (Å²) in [5, 5.41) is 4.75. The highest BCUT2D eigenvalue weighted by Crippen LogP contribution is 2.34. The second-order valence-corrected chi connectivity index (χ2v) is 5.26. The van der Waals surface area contributed by atoms with Crippen molar-refractivity contribution in [1.82, 2.24) is 4.98 Å². The molecule has 1 aromatic carbocycles. The van der Waals surface area contributed by atoms with Gasteiger partial charge in [-0.1, -0.05) is 0 Å². The van der Waals surface area contributed by atoms with Crippen LogP contribution in [0.25, 0.3) is 10.9 Å². The highest BCUT2D eigenvalue weighted by molar-refractivity contribution is 5.94. The number of fused-ring (bicyclic) bond motifs is 2. The fraction of sp³-hybridized carbons (Fsp3) is 0.471. The summed E-state index contributed by atoms with van der Waals surface area (Å²) in [6, 6.07) is 6.22. The summed E-state index contributed by atoms with van der Waals surface area (Å²) in [7, 11) is 0. The number of benzene rings is 1. The van der Waals surface area contributed by atoms with Gasteiger partial charge in [-0.25, -0.2) is 0 Å². The summed E-state index contributed by atoms with van der Waals surface area (Å²) in [6.07, 6.45) is 4.77. The number of rotatable bonds is 4. The molecule has 1 aromatic heterocycles. The van der Waals surface area contributed by atoms with E-state index in [0.29, 0.717) is 6.61 Å². The zero-order valence-electron chi connectivity index (χ0n) is 12.3. The molecule has 2 aromatic rings. The molecule has 1 heterocycles. The van der Waals surface area contributed by atoms with Gasteiger partial charge in [0.05, 0.1) is 12.1 Å². The Bertz CT molecular complexity index is 622. The fourth-order valence-corrected chi connectivity index (χ4v) is 3.04. The van der Waals surface area contributed by atoms with Gasteiger partial charge in [-0.15, -0.1) is 0 Å². The topological polar surface area (TPSA) is 34.2 Å². The van der Waals surface area contributed by atoms with E-state index in [2.05, 4.69) is 24.4 Å². The second-order valence-electron chi connectivity index (χ2n) is 5.26. The minimum Gasteiger partial charge on any atom is -0.494 e. The number of aromatic nitrogens is 1. The smallest absolute Gasteiger partial charge is 0.120 e. The number of hydrogen-bond acceptors (Lipinski definition) is 3. The first-order chi connectivity index (χ1) is 9.83. The maximum absolute atomic E-state index is 5.64. The molecule has 0 aliphatic heterocycles. The van der Waals surface area contributed by atoms with E-state index >= 15 is 0 Å². The third kappa shape index (κ3) is 2.33. The van der Waals surface area contributed by atoms with Gasteiger partial charge in [-0.3, -0.25) is 4.98 Å². The Morgan fingerprint density at radius 3 is 2.85 bits per heavy atom. The van der Waals surface area contributed by atoms with Crippen molar-refractivity contribution in [1.29, 1.82) is 0 Å². The molecule has 0 unspecified atom stereocenters. The Morgan fingerprint density at radius 2 is 2.05 bits per heavy atom. The summed E-state index contributed by atoms with van der Waals surface area (Å²) in [5.41, 5.74) is 5.04. The van der Waals surface area contributed by atoms with Gasteiger partial charge >= 0.3 is 0 Å². The Morgan fingerprint density at radius 1 is 1.20 bits per heavy atom. The molecule has 0 amide bonds.